The van der Waals surface area contributed by atoms with Crippen molar-refractivity contribution in [2.75, 3.05) is 5.32 Å². The van der Waals surface area contributed by atoms with Crippen molar-refractivity contribution in [2.45, 2.75) is 45.4 Å². The van der Waals surface area contributed by atoms with Crippen molar-refractivity contribution in [1.82, 2.24) is 9.71 Å². The number of carbonyl (C=O) groups is 1. The summed E-state index contributed by atoms with van der Waals surface area (Å²) < 4.78 is 20.4. The SMILES string of the molecule is C=C(C)OC(=O)Nc1nc(C)c(C(N[S+]([O-])C(C)(C)C)c2ccccc2Cl)s1. The number of aromatic nitrogens is 1. The average molecular weight is 442 g/mol. The Morgan fingerprint density at radius 3 is 2.61 bits per heavy atom. The summed E-state index contributed by atoms with van der Waals surface area (Å²) in [6.07, 6.45) is -0.659. The third kappa shape index (κ3) is 5.96. The van der Waals surface area contributed by atoms with Gasteiger partial charge in [-0.25, -0.2) is 9.78 Å². The first kappa shape index (κ1) is 22.7. The molecule has 0 saturated heterocycles. The number of hydrogen-bond acceptors (Lipinski definition) is 6. The molecule has 28 heavy (non-hydrogen) atoms. The maximum Gasteiger partial charge on any atom is 0.418 e. The maximum absolute atomic E-state index is 12.8. The van der Waals surface area contributed by atoms with Gasteiger partial charge in [-0.1, -0.05) is 47.7 Å². The second-order valence-electron chi connectivity index (χ2n) is 7.14. The summed E-state index contributed by atoms with van der Waals surface area (Å²) in [5.41, 5.74) is 1.48. The lowest BCUT2D eigenvalue weighted by molar-refractivity contribution is 0.192. The van der Waals surface area contributed by atoms with E-state index >= 15 is 0 Å². The van der Waals surface area contributed by atoms with Crippen molar-refractivity contribution in [3.05, 3.63) is 57.8 Å². The molecule has 2 rings (SSSR count). The van der Waals surface area contributed by atoms with E-state index in [1.54, 1.807) is 13.0 Å². The first-order valence-electron chi connectivity index (χ1n) is 8.53. The summed E-state index contributed by atoms with van der Waals surface area (Å²) in [6.45, 7) is 12.6. The quantitative estimate of drug-likeness (QED) is 0.467. The lowest BCUT2D eigenvalue weighted by atomic mass is 10.1. The highest BCUT2D eigenvalue weighted by molar-refractivity contribution is 7.90. The van der Waals surface area contributed by atoms with Crippen LogP contribution >= 0.6 is 22.9 Å². The number of halogens is 1. The van der Waals surface area contributed by atoms with Crippen molar-refractivity contribution >= 4 is 45.5 Å². The predicted octanol–water partition coefficient (Wildman–Crippen LogP) is 5.33. The third-order valence-electron chi connectivity index (χ3n) is 3.57. The molecule has 2 N–H and O–H groups in total. The molecule has 1 heterocycles. The topological polar surface area (TPSA) is 86.3 Å². The molecule has 2 unspecified atom stereocenters. The minimum absolute atomic E-state index is 0.280. The summed E-state index contributed by atoms with van der Waals surface area (Å²) in [5.74, 6) is 0.280. The molecule has 0 fully saturated rings. The van der Waals surface area contributed by atoms with Gasteiger partial charge in [0.05, 0.1) is 16.3 Å². The van der Waals surface area contributed by atoms with Crippen molar-refractivity contribution in [2.24, 2.45) is 0 Å². The Hall–Kier alpha value is -1.58. The van der Waals surface area contributed by atoms with E-state index in [0.29, 0.717) is 15.8 Å². The van der Waals surface area contributed by atoms with Crippen LogP contribution in [0, 0.1) is 6.92 Å². The van der Waals surface area contributed by atoms with Crippen LogP contribution in [-0.2, 0) is 16.1 Å². The van der Waals surface area contributed by atoms with E-state index in [0.717, 1.165) is 10.4 Å². The van der Waals surface area contributed by atoms with E-state index in [-0.39, 0.29) is 5.76 Å². The Kier molecular flexibility index (Phi) is 7.52. The minimum atomic E-state index is -1.35. The van der Waals surface area contributed by atoms with Crippen LogP contribution in [0.25, 0.3) is 0 Å². The van der Waals surface area contributed by atoms with Gasteiger partial charge in [-0.2, -0.15) is 0 Å². The molecule has 0 aliphatic carbocycles. The highest BCUT2D eigenvalue weighted by Crippen LogP contribution is 2.36. The fraction of sp³-hybridized carbons (Fsp3) is 0.368. The fourth-order valence-corrected chi connectivity index (χ4v) is 4.41. The molecule has 2 aromatic rings. The van der Waals surface area contributed by atoms with Crippen LogP contribution in [0.4, 0.5) is 9.93 Å². The number of hydrogen-bond donors (Lipinski definition) is 2. The number of rotatable bonds is 6. The summed E-state index contributed by atoms with van der Waals surface area (Å²) in [4.78, 5) is 17.0. The third-order valence-corrected chi connectivity index (χ3v) is 6.61. The van der Waals surface area contributed by atoms with E-state index in [2.05, 4.69) is 21.6 Å². The van der Waals surface area contributed by atoms with Gasteiger partial charge >= 0.3 is 6.09 Å². The van der Waals surface area contributed by atoms with Crippen LogP contribution in [0.5, 0.6) is 0 Å². The Bertz CT molecular complexity index is 864. The number of benzene rings is 1. The number of nitrogens with one attached hydrogen (secondary N) is 2. The summed E-state index contributed by atoms with van der Waals surface area (Å²) in [6, 6.07) is 6.92. The molecule has 0 radical (unpaired) electrons. The van der Waals surface area contributed by atoms with Gasteiger partial charge in [0.25, 0.3) is 0 Å². The molecule has 6 nitrogen and oxygen atoms in total. The van der Waals surface area contributed by atoms with Crippen LogP contribution in [0.3, 0.4) is 0 Å². The van der Waals surface area contributed by atoms with Crippen LogP contribution < -0.4 is 10.0 Å². The lowest BCUT2D eigenvalue weighted by Gasteiger charge is -2.28. The average Bonchev–Trinajstić information content (AvgIpc) is 2.91. The fourth-order valence-electron chi connectivity index (χ4n) is 2.25. The highest BCUT2D eigenvalue weighted by atomic mass is 35.5. The Morgan fingerprint density at radius 1 is 1.39 bits per heavy atom. The van der Waals surface area contributed by atoms with Gasteiger partial charge in [0, 0.05) is 16.4 Å². The van der Waals surface area contributed by atoms with Crippen molar-refractivity contribution in [3.63, 3.8) is 0 Å². The van der Waals surface area contributed by atoms with Crippen LogP contribution in [0.2, 0.25) is 5.02 Å². The largest absolute Gasteiger partial charge is 0.598 e. The van der Waals surface area contributed by atoms with Crippen LogP contribution in [0.15, 0.2) is 36.6 Å². The monoisotopic (exact) mass is 441 g/mol. The van der Waals surface area contributed by atoms with E-state index in [4.69, 9.17) is 16.3 Å². The first-order chi connectivity index (χ1) is 13.0. The zero-order valence-corrected chi connectivity index (χ0v) is 18.8. The Morgan fingerprint density at radius 2 is 2.04 bits per heavy atom. The predicted molar refractivity (Wildman–Crippen MR) is 116 cm³/mol. The van der Waals surface area contributed by atoms with Crippen LogP contribution in [0.1, 0.15) is 49.9 Å². The zero-order valence-electron chi connectivity index (χ0n) is 16.5. The van der Waals surface area contributed by atoms with E-state index in [1.165, 1.54) is 11.3 Å². The van der Waals surface area contributed by atoms with Gasteiger partial charge in [-0.05, 0) is 46.2 Å². The normalized spacial score (nSPS) is 13.7. The standard InChI is InChI=1S/C19H24ClN3O3S2/c1-11(2)26-18(24)22-17-21-12(3)16(27-17)15(23-28(25)19(4,5)6)13-9-7-8-10-14(13)20/h7-10,15,23H,1H2,2-6H3,(H,21,22,24). The van der Waals surface area contributed by atoms with Gasteiger partial charge in [-0.15, -0.1) is 4.72 Å². The number of carbonyl (C=O) groups excluding carboxylic acids is 1. The molecule has 0 aliphatic heterocycles. The molecule has 2 atom stereocenters. The summed E-state index contributed by atoms with van der Waals surface area (Å²) in [7, 11) is 0. The smallest absolute Gasteiger partial charge is 0.418 e. The Balaban J connectivity index is 2.39. The molecule has 0 saturated carbocycles. The molecule has 152 valence electrons. The van der Waals surface area contributed by atoms with Crippen LogP contribution in [-0.4, -0.2) is 20.4 Å². The molecule has 1 aromatic carbocycles. The van der Waals surface area contributed by atoms with Gasteiger partial charge < -0.3 is 9.29 Å². The van der Waals surface area contributed by atoms with E-state index in [1.807, 2.05) is 45.9 Å². The molecule has 1 aromatic heterocycles. The second kappa shape index (κ2) is 9.28. The van der Waals surface area contributed by atoms with Crippen molar-refractivity contribution in [3.8, 4) is 0 Å². The van der Waals surface area contributed by atoms with Gasteiger partial charge in [0.2, 0.25) is 0 Å². The van der Waals surface area contributed by atoms with Crippen molar-refractivity contribution in [1.29, 1.82) is 0 Å². The number of allylic oxidation sites excluding steroid dienone is 1. The second-order valence-corrected chi connectivity index (χ2v) is 10.6. The number of anilines is 1. The number of aryl methyl sites for hydroxylation is 1. The molecule has 9 heteroatoms. The number of ether oxygens (including phenoxy) is 1. The molecule has 0 spiro atoms. The Labute approximate surface area is 177 Å². The zero-order chi connectivity index (χ0) is 21.1. The lowest BCUT2D eigenvalue weighted by Crippen LogP contribution is -2.41. The highest BCUT2D eigenvalue weighted by Gasteiger charge is 2.33. The maximum atomic E-state index is 12.8. The van der Waals surface area contributed by atoms with Crippen molar-refractivity contribution < 1.29 is 14.1 Å². The summed E-state index contributed by atoms with van der Waals surface area (Å²) in [5, 5.41) is 3.51. The number of thiazole rings is 1. The minimum Gasteiger partial charge on any atom is -0.598 e. The van der Waals surface area contributed by atoms with Gasteiger partial charge in [-0.3, -0.25) is 5.32 Å². The molecule has 0 bridgehead atoms. The number of nitrogens with zero attached hydrogens (tertiary/aromatic N) is 1. The molecular weight excluding hydrogens is 418 g/mol. The summed E-state index contributed by atoms with van der Waals surface area (Å²) >= 11 is 6.34. The van der Waals surface area contributed by atoms with E-state index < -0.39 is 28.2 Å². The molecule has 0 aliphatic rings. The first-order valence-corrected chi connectivity index (χ1v) is 10.9. The number of amides is 1. The van der Waals surface area contributed by atoms with Gasteiger partial charge in [0.1, 0.15) is 10.8 Å². The molecular formula is C19H24ClN3O3S2. The molecule has 1 amide bonds. The van der Waals surface area contributed by atoms with Gasteiger partial charge in [0.15, 0.2) is 5.13 Å². The van der Waals surface area contributed by atoms with E-state index in [9.17, 15) is 9.35 Å².